The van der Waals surface area contributed by atoms with E-state index >= 15 is 0 Å². The fourth-order valence-corrected chi connectivity index (χ4v) is 3.15. The van der Waals surface area contributed by atoms with Gasteiger partial charge in [0.15, 0.2) is 0 Å². The minimum absolute atomic E-state index is 0.363. The second-order valence-corrected chi connectivity index (χ2v) is 7.39. The van der Waals surface area contributed by atoms with E-state index in [0.29, 0.717) is 6.04 Å². The van der Waals surface area contributed by atoms with Gasteiger partial charge in [-0.25, -0.2) is 0 Å². The number of nitrogens with zero attached hydrogens (tertiary/aromatic N) is 1. The third-order valence-corrected chi connectivity index (χ3v) is 4.96. The lowest BCUT2D eigenvalue weighted by Crippen LogP contribution is -2.32. The summed E-state index contributed by atoms with van der Waals surface area (Å²) in [7, 11) is 2.22. The summed E-state index contributed by atoms with van der Waals surface area (Å²) in [6.07, 6.45) is 3.96. The highest BCUT2D eigenvalue weighted by atomic mass is 16.3. The van der Waals surface area contributed by atoms with Gasteiger partial charge in [0, 0.05) is 6.04 Å². The maximum atomic E-state index is 10.0. The van der Waals surface area contributed by atoms with Gasteiger partial charge in [0.05, 0.1) is 5.60 Å². The maximum Gasteiger partial charge on any atom is 0.0840 e. The number of benzene rings is 1. The number of rotatable bonds is 6. The van der Waals surface area contributed by atoms with Crippen LogP contribution in [-0.4, -0.2) is 36.7 Å². The number of aliphatic hydroxyl groups is 1. The molecule has 1 saturated heterocycles. The van der Waals surface area contributed by atoms with E-state index in [-0.39, 0.29) is 0 Å². The molecule has 1 aromatic carbocycles. The predicted octanol–water partition coefficient (Wildman–Crippen LogP) is 3.30. The standard InChI is InChI=1S/C19H32N2O/c1-15(17-5-7-18(8-6-17)19(2,3)22)20-12-9-16-10-13-21(4)14-11-16/h5-8,15-16,20,22H,9-14H2,1-4H3. The monoisotopic (exact) mass is 304 g/mol. The average Bonchev–Trinajstić information content (AvgIpc) is 2.48. The minimum Gasteiger partial charge on any atom is -0.386 e. The van der Waals surface area contributed by atoms with E-state index in [4.69, 9.17) is 0 Å². The molecule has 0 aromatic heterocycles. The summed E-state index contributed by atoms with van der Waals surface area (Å²) >= 11 is 0. The molecule has 2 N–H and O–H groups in total. The Bertz CT molecular complexity index is 441. The second kappa shape index (κ2) is 7.58. The molecule has 0 radical (unpaired) electrons. The van der Waals surface area contributed by atoms with Gasteiger partial charge in [-0.3, -0.25) is 0 Å². The van der Waals surface area contributed by atoms with Crippen molar-refractivity contribution in [3.8, 4) is 0 Å². The largest absolute Gasteiger partial charge is 0.386 e. The van der Waals surface area contributed by atoms with Crippen LogP contribution in [-0.2, 0) is 5.60 Å². The number of likely N-dealkylation sites (tertiary alicyclic amines) is 1. The second-order valence-electron chi connectivity index (χ2n) is 7.39. The molecule has 0 bridgehead atoms. The third-order valence-electron chi connectivity index (χ3n) is 4.96. The van der Waals surface area contributed by atoms with E-state index < -0.39 is 5.60 Å². The molecule has 0 spiro atoms. The van der Waals surface area contributed by atoms with Crippen molar-refractivity contribution in [1.82, 2.24) is 10.2 Å². The third kappa shape index (κ3) is 5.08. The van der Waals surface area contributed by atoms with Gasteiger partial charge in [0.2, 0.25) is 0 Å². The van der Waals surface area contributed by atoms with Crippen LogP contribution >= 0.6 is 0 Å². The molecule has 1 heterocycles. The van der Waals surface area contributed by atoms with E-state index in [1.54, 1.807) is 0 Å². The van der Waals surface area contributed by atoms with E-state index in [2.05, 4.69) is 36.3 Å². The molecule has 1 aliphatic rings. The molecule has 1 fully saturated rings. The quantitative estimate of drug-likeness (QED) is 0.846. The van der Waals surface area contributed by atoms with Gasteiger partial charge >= 0.3 is 0 Å². The van der Waals surface area contributed by atoms with Gasteiger partial charge in [-0.1, -0.05) is 24.3 Å². The number of nitrogens with one attached hydrogen (secondary N) is 1. The summed E-state index contributed by atoms with van der Waals surface area (Å²) in [6, 6.07) is 8.68. The molecule has 3 heteroatoms. The molecule has 1 aliphatic heterocycles. The summed E-state index contributed by atoms with van der Waals surface area (Å²) < 4.78 is 0. The first-order valence-corrected chi connectivity index (χ1v) is 8.61. The van der Waals surface area contributed by atoms with E-state index in [9.17, 15) is 5.11 Å². The molecule has 0 amide bonds. The fraction of sp³-hybridized carbons (Fsp3) is 0.684. The van der Waals surface area contributed by atoms with Gasteiger partial charge < -0.3 is 15.3 Å². The lowest BCUT2D eigenvalue weighted by molar-refractivity contribution is 0.0786. The zero-order chi connectivity index (χ0) is 16.2. The zero-order valence-electron chi connectivity index (χ0n) is 14.6. The molecular formula is C19H32N2O. The summed E-state index contributed by atoms with van der Waals surface area (Å²) in [5.74, 6) is 0.883. The first-order chi connectivity index (χ1) is 10.4. The Morgan fingerprint density at radius 3 is 2.36 bits per heavy atom. The SMILES string of the molecule is CC(NCCC1CCN(C)CC1)c1ccc(C(C)(C)O)cc1. The normalized spacial score (nSPS) is 19.3. The summed E-state index contributed by atoms with van der Waals surface area (Å²) in [5.41, 5.74) is 1.50. The summed E-state index contributed by atoms with van der Waals surface area (Å²) in [4.78, 5) is 2.43. The van der Waals surface area contributed by atoms with E-state index in [0.717, 1.165) is 18.0 Å². The lowest BCUT2D eigenvalue weighted by Gasteiger charge is -2.29. The first kappa shape index (κ1) is 17.5. The van der Waals surface area contributed by atoms with Crippen LogP contribution in [0.3, 0.4) is 0 Å². The Balaban J connectivity index is 1.76. The minimum atomic E-state index is -0.761. The Kier molecular flexibility index (Phi) is 6.01. The van der Waals surface area contributed by atoms with Crippen molar-refractivity contribution in [1.29, 1.82) is 0 Å². The molecule has 1 atom stereocenters. The van der Waals surface area contributed by atoms with Gasteiger partial charge in [-0.2, -0.15) is 0 Å². The van der Waals surface area contributed by atoms with E-state index in [1.807, 2.05) is 26.0 Å². The van der Waals surface area contributed by atoms with Crippen molar-refractivity contribution in [3.05, 3.63) is 35.4 Å². The van der Waals surface area contributed by atoms with Crippen molar-refractivity contribution in [2.75, 3.05) is 26.7 Å². The van der Waals surface area contributed by atoms with Gasteiger partial charge in [0.25, 0.3) is 0 Å². The van der Waals surface area contributed by atoms with Crippen LogP contribution in [0.2, 0.25) is 0 Å². The van der Waals surface area contributed by atoms with Crippen LogP contribution in [0, 0.1) is 5.92 Å². The van der Waals surface area contributed by atoms with Gasteiger partial charge in [-0.05, 0) is 83.8 Å². The van der Waals surface area contributed by atoms with Gasteiger partial charge in [0.1, 0.15) is 0 Å². The Morgan fingerprint density at radius 1 is 1.23 bits per heavy atom. The Hall–Kier alpha value is -0.900. The molecule has 0 saturated carbocycles. The maximum absolute atomic E-state index is 10.0. The van der Waals surface area contributed by atoms with Crippen molar-refractivity contribution < 1.29 is 5.11 Å². The van der Waals surface area contributed by atoms with Crippen molar-refractivity contribution in [3.63, 3.8) is 0 Å². The van der Waals surface area contributed by atoms with Crippen LogP contribution < -0.4 is 5.32 Å². The van der Waals surface area contributed by atoms with Crippen LogP contribution in [0.4, 0.5) is 0 Å². The highest BCUT2D eigenvalue weighted by molar-refractivity contribution is 5.27. The molecule has 2 rings (SSSR count). The number of hydrogen-bond donors (Lipinski definition) is 2. The van der Waals surface area contributed by atoms with E-state index in [1.165, 1.54) is 37.9 Å². The van der Waals surface area contributed by atoms with Crippen LogP contribution in [0.5, 0.6) is 0 Å². The Labute approximate surface area is 135 Å². The lowest BCUT2D eigenvalue weighted by atomic mass is 9.93. The molecule has 22 heavy (non-hydrogen) atoms. The van der Waals surface area contributed by atoms with Crippen LogP contribution in [0.15, 0.2) is 24.3 Å². The average molecular weight is 304 g/mol. The van der Waals surface area contributed by atoms with Crippen molar-refractivity contribution in [2.45, 2.75) is 51.7 Å². The number of hydrogen-bond acceptors (Lipinski definition) is 3. The smallest absolute Gasteiger partial charge is 0.0840 e. The highest BCUT2D eigenvalue weighted by Gasteiger charge is 2.17. The molecule has 0 aliphatic carbocycles. The highest BCUT2D eigenvalue weighted by Crippen LogP contribution is 2.23. The Morgan fingerprint density at radius 2 is 1.82 bits per heavy atom. The fourth-order valence-electron chi connectivity index (χ4n) is 3.15. The predicted molar refractivity (Wildman–Crippen MR) is 92.9 cm³/mol. The zero-order valence-corrected chi connectivity index (χ0v) is 14.6. The molecular weight excluding hydrogens is 272 g/mol. The van der Waals surface area contributed by atoms with Crippen molar-refractivity contribution in [2.24, 2.45) is 5.92 Å². The number of piperidine rings is 1. The van der Waals surface area contributed by atoms with Gasteiger partial charge in [-0.15, -0.1) is 0 Å². The van der Waals surface area contributed by atoms with Crippen molar-refractivity contribution >= 4 is 0 Å². The summed E-state index contributed by atoms with van der Waals surface area (Å²) in [6.45, 7) is 9.45. The molecule has 1 unspecified atom stereocenters. The molecule has 1 aromatic rings. The topological polar surface area (TPSA) is 35.5 Å². The van der Waals surface area contributed by atoms with Crippen LogP contribution in [0.1, 0.15) is 57.2 Å². The van der Waals surface area contributed by atoms with Crippen LogP contribution in [0.25, 0.3) is 0 Å². The molecule has 124 valence electrons. The first-order valence-electron chi connectivity index (χ1n) is 8.61. The summed E-state index contributed by atoms with van der Waals surface area (Å²) in [5, 5.41) is 13.6. The molecule has 3 nitrogen and oxygen atoms in total.